The molecule has 1 rings (SSSR count). The first-order valence-electron chi connectivity index (χ1n) is 4.76. The number of nitrogens with zero attached hydrogens (tertiary/aromatic N) is 1. The van der Waals surface area contributed by atoms with Gasteiger partial charge in [-0.3, -0.25) is 4.79 Å². The Morgan fingerprint density at radius 2 is 2.27 bits per heavy atom. The largest absolute Gasteiger partial charge is 0.399 e. The highest BCUT2D eigenvalue weighted by Gasteiger charge is 2.09. The third kappa shape index (κ3) is 3.47. The van der Waals surface area contributed by atoms with Gasteiger partial charge in [-0.2, -0.15) is 11.8 Å². The molecule has 15 heavy (non-hydrogen) atoms. The van der Waals surface area contributed by atoms with E-state index in [1.54, 1.807) is 29.8 Å². The third-order valence-electron chi connectivity index (χ3n) is 2.15. The molecule has 0 aliphatic carbocycles. The Morgan fingerprint density at radius 3 is 2.87 bits per heavy atom. The fraction of sp³-hybridized carbons (Fsp3) is 0.364. The summed E-state index contributed by atoms with van der Waals surface area (Å²) in [7, 11) is 1.78. The molecule has 4 heteroatoms. The SMILES string of the molecule is CSCCC(=O)N(C)c1cccc(N)c1. The van der Waals surface area contributed by atoms with E-state index in [0.717, 1.165) is 11.4 Å². The third-order valence-corrected chi connectivity index (χ3v) is 2.76. The van der Waals surface area contributed by atoms with Crippen LogP contribution < -0.4 is 10.6 Å². The van der Waals surface area contributed by atoms with Crippen molar-refractivity contribution in [3.05, 3.63) is 24.3 Å². The topological polar surface area (TPSA) is 46.3 Å². The fourth-order valence-electron chi connectivity index (χ4n) is 1.23. The van der Waals surface area contributed by atoms with Crippen LogP contribution in [0, 0.1) is 0 Å². The van der Waals surface area contributed by atoms with E-state index in [1.165, 1.54) is 0 Å². The molecule has 0 fully saturated rings. The average Bonchev–Trinajstić information content (AvgIpc) is 2.24. The lowest BCUT2D eigenvalue weighted by Crippen LogP contribution is -2.26. The minimum atomic E-state index is 0.120. The minimum absolute atomic E-state index is 0.120. The lowest BCUT2D eigenvalue weighted by molar-refractivity contribution is -0.117. The number of carbonyl (C=O) groups is 1. The van der Waals surface area contributed by atoms with Crippen molar-refractivity contribution in [2.75, 3.05) is 29.7 Å². The van der Waals surface area contributed by atoms with Crippen LogP contribution in [-0.4, -0.2) is 25.0 Å². The summed E-state index contributed by atoms with van der Waals surface area (Å²) in [6, 6.07) is 7.34. The molecule has 0 heterocycles. The standard InChI is InChI=1S/C11H16N2OS/c1-13(11(14)6-7-15-2)10-5-3-4-9(12)8-10/h3-5,8H,6-7,12H2,1-2H3. The normalized spacial score (nSPS) is 10.0. The summed E-state index contributed by atoms with van der Waals surface area (Å²) in [6.45, 7) is 0. The van der Waals surface area contributed by atoms with Crippen LogP contribution in [0.15, 0.2) is 24.3 Å². The molecule has 0 aliphatic rings. The molecule has 0 atom stereocenters. The Labute approximate surface area is 94.6 Å². The van der Waals surface area contributed by atoms with Crippen LogP contribution in [0.5, 0.6) is 0 Å². The zero-order valence-electron chi connectivity index (χ0n) is 9.06. The Kier molecular flexibility index (Phi) is 4.49. The molecule has 0 bridgehead atoms. The predicted octanol–water partition coefficient (Wildman–Crippen LogP) is 1.98. The van der Waals surface area contributed by atoms with Crippen LogP contribution in [0.25, 0.3) is 0 Å². The Balaban J connectivity index is 2.67. The summed E-state index contributed by atoms with van der Waals surface area (Å²) in [4.78, 5) is 13.3. The van der Waals surface area contributed by atoms with Gasteiger partial charge in [0.25, 0.3) is 0 Å². The van der Waals surface area contributed by atoms with Gasteiger partial charge in [-0.15, -0.1) is 0 Å². The number of carbonyl (C=O) groups excluding carboxylic acids is 1. The lowest BCUT2D eigenvalue weighted by Gasteiger charge is -2.17. The second-order valence-electron chi connectivity index (χ2n) is 3.29. The molecule has 0 aromatic heterocycles. The van der Waals surface area contributed by atoms with Gasteiger partial charge >= 0.3 is 0 Å². The van der Waals surface area contributed by atoms with E-state index in [2.05, 4.69) is 0 Å². The van der Waals surface area contributed by atoms with Gasteiger partial charge in [-0.05, 0) is 24.5 Å². The first kappa shape index (κ1) is 11.9. The maximum atomic E-state index is 11.7. The first-order chi connectivity index (χ1) is 7.15. The van der Waals surface area contributed by atoms with Crippen LogP contribution in [0.4, 0.5) is 11.4 Å². The van der Waals surface area contributed by atoms with Crippen LogP contribution in [0.1, 0.15) is 6.42 Å². The monoisotopic (exact) mass is 224 g/mol. The van der Waals surface area contributed by atoms with Crippen molar-refractivity contribution in [3.8, 4) is 0 Å². The number of anilines is 2. The number of benzene rings is 1. The van der Waals surface area contributed by atoms with Crippen molar-refractivity contribution in [3.63, 3.8) is 0 Å². The molecule has 0 spiro atoms. The van der Waals surface area contributed by atoms with Gasteiger partial charge in [0.15, 0.2) is 0 Å². The van der Waals surface area contributed by atoms with Crippen LogP contribution in [-0.2, 0) is 4.79 Å². The maximum Gasteiger partial charge on any atom is 0.227 e. The van der Waals surface area contributed by atoms with E-state index >= 15 is 0 Å². The molecular formula is C11H16N2OS. The highest BCUT2D eigenvalue weighted by Crippen LogP contribution is 2.17. The van der Waals surface area contributed by atoms with E-state index in [0.29, 0.717) is 12.1 Å². The average molecular weight is 224 g/mol. The van der Waals surface area contributed by atoms with Gasteiger partial charge in [-0.1, -0.05) is 6.07 Å². The van der Waals surface area contributed by atoms with Crippen molar-refractivity contribution in [1.29, 1.82) is 0 Å². The zero-order chi connectivity index (χ0) is 11.3. The number of hydrogen-bond donors (Lipinski definition) is 1. The summed E-state index contributed by atoms with van der Waals surface area (Å²) < 4.78 is 0. The van der Waals surface area contributed by atoms with Crippen molar-refractivity contribution in [2.45, 2.75) is 6.42 Å². The fourth-order valence-corrected chi connectivity index (χ4v) is 1.61. The summed E-state index contributed by atoms with van der Waals surface area (Å²) >= 11 is 1.67. The molecule has 0 aliphatic heterocycles. The predicted molar refractivity (Wildman–Crippen MR) is 67.3 cm³/mol. The molecular weight excluding hydrogens is 208 g/mol. The summed E-state index contributed by atoms with van der Waals surface area (Å²) in [5, 5.41) is 0. The van der Waals surface area contributed by atoms with Crippen molar-refractivity contribution >= 4 is 29.0 Å². The van der Waals surface area contributed by atoms with Crippen LogP contribution in [0.2, 0.25) is 0 Å². The lowest BCUT2D eigenvalue weighted by atomic mass is 10.2. The summed E-state index contributed by atoms with van der Waals surface area (Å²) in [6.07, 6.45) is 2.56. The number of rotatable bonds is 4. The van der Waals surface area contributed by atoms with Crippen molar-refractivity contribution < 1.29 is 4.79 Å². The summed E-state index contributed by atoms with van der Waals surface area (Å²) in [5.74, 6) is 0.973. The quantitative estimate of drug-likeness (QED) is 0.795. The molecule has 1 amide bonds. The molecule has 1 aromatic rings. The smallest absolute Gasteiger partial charge is 0.227 e. The zero-order valence-corrected chi connectivity index (χ0v) is 9.88. The number of thioether (sulfide) groups is 1. The van der Waals surface area contributed by atoms with Gasteiger partial charge in [0.05, 0.1) is 0 Å². The van der Waals surface area contributed by atoms with Crippen LogP contribution in [0.3, 0.4) is 0 Å². The van der Waals surface area contributed by atoms with Gasteiger partial charge in [0.1, 0.15) is 0 Å². The number of hydrogen-bond acceptors (Lipinski definition) is 3. The van der Waals surface area contributed by atoms with Crippen molar-refractivity contribution in [1.82, 2.24) is 0 Å². The molecule has 0 unspecified atom stereocenters. The Bertz CT molecular complexity index is 341. The summed E-state index contributed by atoms with van der Waals surface area (Å²) in [5.41, 5.74) is 7.18. The molecule has 1 aromatic carbocycles. The van der Waals surface area contributed by atoms with Gasteiger partial charge < -0.3 is 10.6 Å². The van der Waals surface area contributed by atoms with E-state index in [4.69, 9.17) is 5.73 Å². The highest BCUT2D eigenvalue weighted by molar-refractivity contribution is 7.98. The molecule has 0 radical (unpaired) electrons. The van der Waals surface area contributed by atoms with Crippen LogP contribution >= 0.6 is 11.8 Å². The first-order valence-corrected chi connectivity index (χ1v) is 6.15. The van der Waals surface area contributed by atoms with Gasteiger partial charge in [0, 0.05) is 30.6 Å². The second-order valence-corrected chi connectivity index (χ2v) is 4.28. The molecule has 0 saturated carbocycles. The van der Waals surface area contributed by atoms with Gasteiger partial charge in [0.2, 0.25) is 5.91 Å². The maximum absolute atomic E-state index is 11.7. The van der Waals surface area contributed by atoms with E-state index in [-0.39, 0.29) is 5.91 Å². The van der Waals surface area contributed by atoms with E-state index in [1.807, 2.05) is 24.5 Å². The molecule has 3 nitrogen and oxygen atoms in total. The highest BCUT2D eigenvalue weighted by atomic mass is 32.2. The van der Waals surface area contributed by atoms with Crippen molar-refractivity contribution in [2.24, 2.45) is 0 Å². The van der Waals surface area contributed by atoms with E-state index in [9.17, 15) is 4.79 Å². The second kappa shape index (κ2) is 5.66. The number of nitrogen functional groups attached to an aromatic ring is 1. The van der Waals surface area contributed by atoms with E-state index < -0.39 is 0 Å². The minimum Gasteiger partial charge on any atom is -0.399 e. The van der Waals surface area contributed by atoms with Gasteiger partial charge in [-0.25, -0.2) is 0 Å². The number of nitrogens with two attached hydrogens (primary N) is 1. The molecule has 82 valence electrons. The number of amides is 1. The Hall–Kier alpha value is -1.16. The Morgan fingerprint density at radius 1 is 1.53 bits per heavy atom. The molecule has 0 saturated heterocycles. The molecule has 2 N–H and O–H groups in total.